The van der Waals surface area contributed by atoms with Gasteiger partial charge in [0.15, 0.2) is 0 Å². The van der Waals surface area contributed by atoms with Crippen molar-refractivity contribution in [3.05, 3.63) is 65.7 Å². The van der Waals surface area contributed by atoms with Crippen molar-refractivity contribution < 1.29 is 4.79 Å². The lowest BCUT2D eigenvalue weighted by Crippen LogP contribution is -2.46. The molecular formula is C20H25ClN2OS. The van der Waals surface area contributed by atoms with Crippen molar-refractivity contribution in [3.8, 4) is 0 Å². The van der Waals surface area contributed by atoms with Gasteiger partial charge in [-0.1, -0.05) is 30.3 Å². The van der Waals surface area contributed by atoms with Gasteiger partial charge in [-0.25, -0.2) is 0 Å². The number of benzene rings is 2. The van der Waals surface area contributed by atoms with Crippen LogP contribution in [0.1, 0.15) is 28.8 Å². The highest BCUT2D eigenvalue weighted by Gasteiger charge is 2.23. The van der Waals surface area contributed by atoms with E-state index in [2.05, 4.69) is 41.7 Å². The Hall–Kier alpha value is -1.49. The zero-order valence-electron chi connectivity index (χ0n) is 14.5. The largest absolute Gasteiger partial charge is 0.337 e. The van der Waals surface area contributed by atoms with Crippen LogP contribution in [0.15, 0.2) is 59.5 Å². The summed E-state index contributed by atoms with van der Waals surface area (Å²) >= 11 is 1.82. The summed E-state index contributed by atoms with van der Waals surface area (Å²) < 4.78 is 0. The number of carbonyl (C=O) groups excluding carboxylic acids is 1. The van der Waals surface area contributed by atoms with E-state index >= 15 is 0 Å². The number of thioether (sulfide) groups is 1. The van der Waals surface area contributed by atoms with Gasteiger partial charge >= 0.3 is 0 Å². The van der Waals surface area contributed by atoms with Gasteiger partial charge in [-0.15, -0.1) is 24.2 Å². The molecule has 1 aliphatic rings. The number of likely N-dealkylation sites (N-methyl/N-ethyl adjacent to an activating group) is 1. The van der Waals surface area contributed by atoms with Gasteiger partial charge in [-0.05, 0) is 49.7 Å². The lowest BCUT2D eigenvalue weighted by atomic mass is 10.0. The first-order chi connectivity index (χ1) is 11.8. The average Bonchev–Trinajstić information content (AvgIpc) is 2.67. The molecular weight excluding hydrogens is 352 g/mol. The van der Waals surface area contributed by atoms with E-state index in [-0.39, 0.29) is 18.3 Å². The third-order valence-corrected chi connectivity index (χ3v) is 5.55. The first-order valence-electron chi connectivity index (χ1n) is 8.49. The van der Waals surface area contributed by atoms with E-state index < -0.39 is 0 Å². The number of halogens is 1. The highest BCUT2D eigenvalue weighted by molar-refractivity contribution is 7.98. The Balaban J connectivity index is 0.00000225. The normalized spacial score (nSPS) is 17.0. The summed E-state index contributed by atoms with van der Waals surface area (Å²) in [5.41, 5.74) is 2.03. The van der Waals surface area contributed by atoms with Gasteiger partial charge in [-0.3, -0.25) is 4.79 Å². The maximum absolute atomic E-state index is 12.6. The number of nitrogens with one attached hydrogen (secondary N) is 1. The quantitative estimate of drug-likeness (QED) is 0.793. The summed E-state index contributed by atoms with van der Waals surface area (Å²) in [4.78, 5) is 15.9. The molecule has 1 fully saturated rings. The second-order valence-electron chi connectivity index (χ2n) is 6.18. The standard InChI is InChI=1S/C20H24N2OS.ClH/c1-21-18-6-5-13-22(14-18)20(23)17-11-9-16(10-12-17)15-24-19-7-3-2-4-8-19;/h2-4,7-12,18,21H,5-6,13-15H2,1H3;1H. The molecule has 2 aromatic carbocycles. The molecule has 5 heteroatoms. The fraction of sp³-hybridized carbons (Fsp3) is 0.350. The van der Waals surface area contributed by atoms with Crippen LogP contribution in [0.3, 0.4) is 0 Å². The van der Waals surface area contributed by atoms with Crippen molar-refractivity contribution in [1.82, 2.24) is 10.2 Å². The van der Waals surface area contributed by atoms with Crippen molar-refractivity contribution in [2.45, 2.75) is 29.5 Å². The average molecular weight is 377 g/mol. The number of nitrogens with zero attached hydrogens (tertiary/aromatic N) is 1. The molecule has 1 heterocycles. The monoisotopic (exact) mass is 376 g/mol. The van der Waals surface area contributed by atoms with Crippen LogP contribution in [-0.4, -0.2) is 37.0 Å². The van der Waals surface area contributed by atoms with Gasteiger partial charge < -0.3 is 10.2 Å². The first-order valence-corrected chi connectivity index (χ1v) is 9.48. The molecule has 0 spiro atoms. The van der Waals surface area contributed by atoms with Crippen molar-refractivity contribution >= 4 is 30.1 Å². The summed E-state index contributed by atoms with van der Waals surface area (Å²) in [7, 11) is 1.97. The molecule has 0 bridgehead atoms. The van der Waals surface area contributed by atoms with Gasteiger partial charge in [0.25, 0.3) is 5.91 Å². The van der Waals surface area contributed by atoms with E-state index in [0.29, 0.717) is 6.04 Å². The summed E-state index contributed by atoms with van der Waals surface area (Å²) in [5.74, 6) is 1.07. The first kappa shape index (κ1) is 19.8. The molecule has 0 radical (unpaired) electrons. The number of amides is 1. The van der Waals surface area contributed by atoms with E-state index in [1.165, 1.54) is 10.5 Å². The molecule has 25 heavy (non-hydrogen) atoms. The molecule has 0 aromatic heterocycles. The van der Waals surface area contributed by atoms with Crippen molar-refractivity contribution in [3.63, 3.8) is 0 Å². The van der Waals surface area contributed by atoms with Crippen LogP contribution in [0.2, 0.25) is 0 Å². The van der Waals surface area contributed by atoms with E-state index in [9.17, 15) is 4.79 Å². The fourth-order valence-corrected chi connectivity index (χ4v) is 3.88. The summed E-state index contributed by atoms with van der Waals surface area (Å²) in [6.45, 7) is 1.67. The predicted octanol–water partition coefficient (Wildman–Crippen LogP) is 4.22. The van der Waals surface area contributed by atoms with E-state index in [4.69, 9.17) is 0 Å². The third kappa shape index (κ3) is 5.50. The Morgan fingerprint density at radius 2 is 1.88 bits per heavy atom. The second-order valence-corrected chi connectivity index (χ2v) is 7.23. The summed E-state index contributed by atoms with van der Waals surface area (Å²) in [5, 5.41) is 3.28. The number of likely N-dealkylation sites (tertiary alicyclic amines) is 1. The summed E-state index contributed by atoms with van der Waals surface area (Å²) in [6, 6.07) is 18.9. The molecule has 2 aromatic rings. The van der Waals surface area contributed by atoms with Crippen LogP contribution < -0.4 is 5.32 Å². The minimum Gasteiger partial charge on any atom is -0.337 e. The van der Waals surface area contributed by atoms with Crippen molar-refractivity contribution in [2.75, 3.05) is 20.1 Å². The molecule has 3 rings (SSSR count). The third-order valence-electron chi connectivity index (χ3n) is 4.47. The highest BCUT2D eigenvalue weighted by Crippen LogP contribution is 2.23. The van der Waals surface area contributed by atoms with E-state index in [1.807, 2.05) is 41.9 Å². The Morgan fingerprint density at radius 3 is 2.56 bits per heavy atom. The van der Waals surface area contributed by atoms with E-state index in [1.54, 1.807) is 0 Å². The predicted molar refractivity (Wildman–Crippen MR) is 108 cm³/mol. The minimum absolute atomic E-state index is 0. The van der Waals surface area contributed by atoms with Crippen LogP contribution in [0.4, 0.5) is 0 Å². The Morgan fingerprint density at radius 1 is 1.16 bits per heavy atom. The summed E-state index contributed by atoms with van der Waals surface area (Å²) in [6.07, 6.45) is 2.22. The molecule has 1 unspecified atom stereocenters. The smallest absolute Gasteiger partial charge is 0.253 e. The number of piperidine rings is 1. The SMILES string of the molecule is CNC1CCCN(C(=O)c2ccc(CSc3ccccc3)cc2)C1.Cl. The topological polar surface area (TPSA) is 32.3 Å². The highest BCUT2D eigenvalue weighted by atomic mass is 35.5. The molecule has 0 aliphatic carbocycles. The molecule has 3 nitrogen and oxygen atoms in total. The number of rotatable bonds is 5. The molecule has 1 aliphatic heterocycles. The number of carbonyl (C=O) groups is 1. The molecule has 1 N–H and O–H groups in total. The van der Waals surface area contributed by atoms with Crippen LogP contribution in [0.5, 0.6) is 0 Å². The molecule has 0 saturated carbocycles. The van der Waals surface area contributed by atoms with Gasteiger partial charge in [-0.2, -0.15) is 0 Å². The second kappa shape index (κ2) is 9.85. The zero-order chi connectivity index (χ0) is 16.8. The maximum atomic E-state index is 12.6. The lowest BCUT2D eigenvalue weighted by Gasteiger charge is -2.32. The van der Waals surface area contributed by atoms with Crippen LogP contribution in [0, 0.1) is 0 Å². The van der Waals surface area contributed by atoms with Crippen LogP contribution >= 0.6 is 24.2 Å². The minimum atomic E-state index is 0. The van der Waals surface area contributed by atoms with Crippen molar-refractivity contribution in [1.29, 1.82) is 0 Å². The number of hydrogen-bond donors (Lipinski definition) is 1. The van der Waals surface area contributed by atoms with Crippen LogP contribution in [-0.2, 0) is 5.75 Å². The van der Waals surface area contributed by atoms with Gasteiger partial charge in [0.1, 0.15) is 0 Å². The molecule has 1 amide bonds. The maximum Gasteiger partial charge on any atom is 0.253 e. The number of hydrogen-bond acceptors (Lipinski definition) is 3. The van der Waals surface area contributed by atoms with Crippen LogP contribution in [0.25, 0.3) is 0 Å². The lowest BCUT2D eigenvalue weighted by molar-refractivity contribution is 0.0698. The molecule has 1 atom stereocenters. The Kier molecular flexibility index (Phi) is 7.82. The zero-order valence-corrected chi connectivity index (χ0v) is 16.1. The van der Waals surface area contributed by atoms with Crippen molar-refractivity contribution in [2.24, 2.45) is 0 Å². The molecule has 1 saturated heterocycles. The Bertz CT molecular complexity index is 663. The van der Waals surface area contributed by atoms with Gasteiger partial charge in [0.2, 0.25) is 0 Å². The van der Waals surface area contributed by atoms with Gasteiger partial charge in [0.05, 0.1) is 0 Å². The molecule has 134 valence electrons. The Labute approximate surface area is 160 Å². The van der Waals surface area contributed by atoms with E-state index in [0.717, 1.165) is 37.2 Å². The van der Waals surface area contributed by atoms with Gasteiger partial charge in [0, 0.05) is 35.3 Å². The fourth-order valence-electron chi connectivity index (χ4n) is 3.01.